The van der Waals surface area contributed by atoms with Gasteiger partial charge >= 0.3 is 0 Å². The molecular weight excluding hydrogens is 372 g/mol. The summed E-state index contributed by atoms with van der Waals surface area (Å²) in [6, 6.07) is 12.9. The Morgan fingerprint density at radius 2 is 1.55 bits per heavy atom. The third-order valence-corrected chi connectivity index (χ3v) is 4.38. The van der Waals surface area contributed by atoms with Gasteiger partial charge in [-0.25, -0.2) is 0 Å². The number of terminal acetylenes is 1. The Hall–Kier alpha value is -3.98. The number of phenolic OH excluding ortho intramolecular Hbond substituents is 3. The molecule has 3 aromatic carbocycles. The largest absolute Gasteiger partial charge is 0.508 e. The van der Waals surface area contributed by atoms with E-state index in [-0.39, 0.29) is 35.4 Å². The lowest BCUT2D eigenvalue weighted by Crippen LogP contribution is -1.96. The van der Waals surface area contributed by atoms with Crippen molar-refractivity contribution >= 4 is 0 Å². The van der Waals surface area contributed by atoms with Crippen LogP contribution in [0.3, 0.4) is 0 Å². The molecule has 0 heterocycles. The van der Waals surface area contributed by atoms with Gasteiger partial charge in [0.05, 0.1) is 19.8 Å². The minimum Gasteiger partial charge on any atom is -0.508 e. The Kier molecular flexibility index (Phi) is 5.70. The van der Waals surface area contributed by atoms with Crippen molar-refractivity contribution in [2.75, 3.05) is 20.8 Å². The first-order chi connectivity index (χ1) is 14.0. The van der Waals surface area contributed by atoms with Crippen LogP contribution in [-0.4, -0.2) is 36.1 Å². The summed E-state index contributed by atoms with van der Waals surface area (Å²) in [7, 11) is 2.93. The molecule has 6 heteroatoms. The van der Waals surface area contributed by atoms with Crippen molar-refractivity contribution < 1.29 is 29.5 Å². The van der Waals surface area contributed by atoms with E-state index in [1.54, 1.807) is 42.5 Å². The summed E-state index contributed by atoms with van der Waals surface area (Å²) < 4.78 is 16.2. The number of aromatic hydroxyl groups is 3. The van der Waals surface area contributed by atoms with E-state index >= 15 is 0 Å². The maximum absolute atomic E-state index is 11.0. The van der Waals surface area contributed by atoms with E-state index in [2.05, 4.69) is 5.92 Å². The Labute approximate surface area is 168 Å². The van der Waals surface area contributed by atoms with Crippen molar-refractivity contribution in [3.05, 3.63) is 48.5 Å². The molecule has 0 fully saturated rings. The van der Waals surface area contributed by atoms with E-state index in [1.165, 1.54) is 20.3 Å². The highest BCUT2D eigenvalue weighted by Crippen LogP contribution is 2.50. The molecule has 0 aliphatic heterocycles. The normalized spacial score (nSPS) is 10.2. The zero-order valence-electron chi connectivity index (χ0n) is 16.0. The molecule has 29 heavy (non-hydrogen) atoms. The number of methoxy groups -OCH3 is 2. The highest BCUT2D eigenvalue weighted by Gasteiger charge is 2.22. The Morgan fingerprint density at radius 3 is 2.14 bits per heavy atom. The lowest BCUT2D eigenvalue weighted by Gasteiger charge is -2.18. The van der Waals surface area contributed by atoms with Gasteiger partial charge in [-0.3, -0.25) is 0 Å². The van der Waals surface area contributed by atoms with Gasteiger partial charge in [0.1, 0.15) is 18.1 Å². The number of benzene rings is 3. The average molecular weight is 392 g/mol. The van der Waals surface area contributed by atoms with Crippen LogP contribution in [0, 0.1) is 12.3 Å². The maximum Gasteiger partial charge on any atom is 0.170 e. The fraction of sp³-hybridized carbons (Fsp3) is 0.130. The molecule has 6 nitrogen and oxygen atoms in total. The molecule has 0 saturated heterocycles. The van der Waals surface area contributed by atoms with Crippen LogP contribution in [0.2, 0.25) is 0 Å². The third-order valence-electron chi connectivity index (χ3n) is 4.38. The molecule has 148 valence electrons. The van der Waals surface area contributed by atoms with Gasteiger partial charge in [0.2, 0.25) is 0 Å². The summed E-state index contributed by atoms with van der Waals surface area (Å²) in [6.07, 6.45) is 5.17. The van der Waals surface area contributed by atoms with Gasteiger partial charge in [-0.1, -0.05) is 24.1 Å². The third kappa shape index (κ3) is 3.85. The molecular formula is C23H20O6. The van der Waals surface area contributed by atoms with Crippen molar-refractivity contribution in [1.29, 1.82) is 0 Å². The topological polar surface area (TPSA) is 88.4 Å². The number of hydrogen-bond donors (Lipinski definition) is 3. The second-order valence-corrected chi connectivity index (χ2v) is 6.11. The Balaban J connectivity index is 2.16. The first-order valence-corrected chi connectivity index (χ1v) is 8.67. The zero-order chi connectivity index (χ0) is 21.0. The second-order valence-electron chi connectivity index (χ2n) is 6.11. The summed E-state index contributed by atoms with van der Waals surface area (Å²) in [5.74, 6) is 3.04. The molecule has 0 saturated carbocycles. The number of hydrogen-bond acceptors (Lipinski definition) is 6. The summed E-state index contributed by atoms with van der Waals surface area (Å²) in [5.41, 5.74) is 2.16. The van der Waals surface area contributed by atoms with Gasteiger partial charge in [0, 0.05) is 5.56 Å². The molecule has 0 spiro atoms. The van der Waals surface area contributed by atoms with Crippen LogP contribution in [-0.2, 0) is 0 Å². The monoisotopic (exact) mass is 392 g/mol. The van der Waals surface area contributed by atoms with Crippen molar-refractivity contribution in [2.24, 2.45) is 0 Å². The van der Waals surface area contributed by atoms with Gasteiger partial charge in [0.15, 0.2) is 23.0 Å². The lowest BCUT2D eigenvalue weighted by molar-refractivity contribution is 0.342. The molecule has 0 aliphatic rings. The van der Waals surface area contributed by atoms with E-state index in [0.29, 0.717) is 22.4 Å². The lowest BCUT2D eigenvalue weighted by atomic mass is 9.96. The fourth-order valence-corrected chi connectivity index (χ4v) is 3.04. The van der Waals surface area contributed by atoms with Crippen LogP contribution < -0.4 is 14.2 Å². The smallest absolute Gasteiger partial charge is 0.170 e. The van der Waals surface area contributed by atoms with E-state index < -0.39 is 0 Å². The van der Waals surface area contributed by atoms with Crippen molar-refractivity contribution in [1.82, 2.24) is 0 Å². The van der Waals surface area contributed by atoms with Gasteiger partial charge in [-0.15, -0.1) is 6.42 Å². The summed E-state index contributed by atoms with van der Waals surface area (Å²) in [5, 5.41) is 30.7. The van der Waals surface area contributed by atoms with Gasteiger partial charge < -0.3 is 29.5 Å². The quantitative estimate of drug-likeness (QED) is 0.546. The Morgan fingerprint density at radius 1 is 0.862 bits per heavy atom. The number of ether oxygens (including phenoxy) is 3. The predicted octanol–water partition coefficient (Wildman–Crippen LogP) is 4.17. The van der Waals surface area contributed by atoms with Crippen LogP contribution >= 0.6 is 0 Å². The first kappa shape index (κ1) is 19.8. The summed E-state index contributed by atoms with van der Waals surface area (Å²) >= 11 is 0. The van der Waals surface area contributed by atoms with Crippen molar-refractivity contribution in [3.8, 4) is 69.1 Å². The zero-order valence-corrected chi connectivity index (χ0v) is 16.0. The molecule has 3 aromatic rings. The minimum absolute atomic E-state index is 0.0244. The highest BCUT2D eigenvalue weighted by molar-refractivity contribution is 5.88. The second kappa shape index (κ2) is 8.36. The average Bonchev–Trinajstić information content (AvgIpc) is 2.72. The highest BCUT2D eigenvalue weighted by atomic mass is 16.5. The van der Waals surface area contributed by atoms with Crippen LogP contribution in [0.25, 0.3) is 22.3 Å². The Bertz CT molecular complexity index is 1060. The van der Waals surface area contributed by atoms with E-state index in [4.69, 9.17) is 20.6 Å². The summed E-state index contributed by atoms with van der Waals surface area (Å²) in [6.45, 7) is 0.0244. The van der Waals surface area contributed by atoms with Crippen molar-refractivity contribution in [2.45, 2.75) is 0 Å². The molecule has 3 rings (SSSR count). The SMILES string of the molecule is C#CCOc1ccc(-c2c(OC)cc(-c3ccc(O)cc3)c(OC)c2O)cc1O. The van der Waals surface area contributed by atoms with Crippen LogP contribution in [0.5, 0.6) is 34.5 Å². The van der Waals surface area contributed by atoms with Gasteiger partial charge in [-0.05, 0) is 41.5 Å². The predicted molar refractivity (Wildman–Crippen MR) is 110 cm³/mol. The molecule has 0 bridgehead atoms. The molecule has 0 amide bonds. The maximum atomic E-state index is 11.0. The van der Waals surface area contributed by atoms with E-state index in [0.717, 1.165) is 5.56 Å². The minimum atomic E-state index is -0.147. The van der Waals surface area contributed by atoms with Crippen LogP contribution in [0.15, 0.2) is 48.5 Å². The first-order valence-electron chi connectivity index (χ1n) is 8.67. The molecule has 0 radical (unpaired) electrons. The van der Waals surface area contributed by atoms with Crippen LogP contribution in [0.4, 0.5) is 0 Å². The van der Waals surface area contributed by atoms with Gasteiger partial charge in [0.25, 0.3) is 0 Å². The van der Waals surface area contributed by atoms with Crippen molar-refractivity contribution in [3.63, 3.8) is 0 Å². The molecule has 0 aliphatic carbocycles. The fourth-order valence-electron chi connectivity index (χ4n) is 3.04. The summed E-state index contributed by atoms with van der Waals surface area (Å²) in [4.78, 5) is 0. The molecule has 0 unspecified atom stereocenters. The van der Waals surface area contributed by atoms with Crippen LogP contribution in [0.1, 0.15) is 0 Å². The number of phenols is 3. The molecule has 3 N–H and O–H groups in total. The molecule has 0 atom stereocenters. The van der Waals surface area contributed by atoms with E-state index in [1.807, 2.05) is 0 Å². The van der Waals surface area contributed by atoms with E-state index in [9.17, 15) is 15.3 Å². The van der Waals surface area contributed by atoms with Gasteiger partial charge in [-0.2, -0.15) is 0 Å². The number of rotatable bonds is 6. The standard InChI is InChI=1S/C23H20O6/c1-4-11-29-19-10-7-15(12-18(19)25)21-20(27-2)13-17(23(28-3)22(21)26)14-5-8-16(24)9-6-14/h1,5-10,12-13,24-26H,11H2,2-3H3. The molecule has 0 aromatic heterocycles.